The highest BCUT2D eigenvalue weighted by atomic mass is 35.5. The molecule has 0 spiro atoms. The first-order valence-corrected chi connectivity index (χ1v) is 9.78. The zero-order chi connectivity index (χ0) is 19.8. The minimum Gasteiger partial charge on any atom is -0.379 e. The summed E-state index contributed by atoms with van der Waals surface area (Å²) in [4.78, 5) is 29.2. The van der Waals surface area contributed by atoms with Crippen molar-refractivity contribution in [2.75, 3.05) is 39.4 Å². The number of H-pyrrole nitrogens is 1. The van der Waals surface area contributed by atoms with Crippen LogP contribution in [0.25, 0.3) is 11.4 Å². The van der Waals surface area contributed by atoms with E-state index in [0.29, 0.717) is 23.0 Å². The van der Waals surface area contributed by atoms with Gasteiger partial charge in [0.25, 0.3) is 5.56 Å². The van der Waals surface area contributed by atoms with Gasteiger partial charge in [0.1, 0.15) is 5.69 Å². The summed E-state index contributed by atoms with van der Waals surface area (Å²) in [5, 5.41) is 11.5. The molecule has 1 aromatic heterocycles. The number of aryl methyl sites for hydroxylation is 1. The number of rotatable bonds is 8. The van der Waals surface area contributed by atoms with Crippen LogP contribution in [0.3, 0.4) is 0 Å². The van der Waals surface area contributed by atoms with Crippen LogP contribution in [0.2, 0.25) is 5.02 Å². The minimum atomic E-state index is -0.343. The van der Waals surface area contributed by atoms with E-state index in [1.807, 2.05) is 0 Å². The molecule has 150 valence electrons. The topological polar surface area (TPSA) is 100 Å². The molecule has 0 atom stereocenters. The molecule has 0 bridgehead atoms. The van der Waals surface area contributed by atoms with E-state index in [2.05, 4.69) is 25.4 Å². The molecule has 8 nitrogen and oxygen atoms in total. The molecule has 1 fully saturated rings. The van der Waals surface area contributed by atoms with Gasteiger partial charge in [-0.2, -0.15) is 0 Å². The monoisotopic (exact) mass is 405 g/mol. The molecule has 9 heteroatoms. The zero-order valence-corrected chi connectivity index (χ0v) is 16.4. The second-order valence-corrected chi connectivity index (χ2v) is 7.05. The Hall–Kier alpha value is -2.29. The highest BCUT2D eigenvalue weighted by Gasteiger charge is 2.11. The number of morpholine rings is 1. The Morgan fingerprint density at radius 3 is 2.86 bits per heavy atom. The fourth-order valence-electron chi connectivity index (χ4n) is 2.97. The normalized spacial score (nSPS) is 14.8. The molecular formula is C19H24ClN5O3. The number of hydrogen-bond acceptors (Lipinski definition) is 6. The molecule has 0 aliphatic carbocycles. The van der Waals surface area contributed by atoms with Crippen LogP contribution in [-0.4, -0.2) is 65.4 Å². The summed E-state index contributed by atoms with van der Waals surface area (Å²) in [6, 6.07) is 7.00. The molecule has 2 heterocycles. The van der Waals surface area contributed by atoms with Crippen LogP contribution >= 0.6 is 11.6 Å². The van der Waals surface area contributed by atoms with E-state index in [9.17, 15) is 9.59 Å². The predicted octanol–water partition coefficient (Wildman–Crippen LogP) is 1.26. The number of carbonyl (C=O) groups is 1. The van der Waals surface area contributed by atoms with E-state index >= 15 is 0 Å². The molecule has 1 saturated heterocycles. The van der Waals surface area contributed by atoms with Crippen LogP contribution in [-0.2, 0) is 16.0 Å². The van der Waals surface area contributed by atoms with E-state index in [0.717, 1.165) is 39.3 Å². The molecule has 0 saturated carbocycles. The van der Waals surface area contributed by atoms with Crippen LogP contribution < -0.4 is 10.9 Å². The fraction of sp³-hybridized carbons (Fsp3) is 0.474. The van der Waals surface area contributed by atoms with Crippen molar-refractivity contribution in [3.63, 3.8) is 0 Å². The molecular weight excluding hydrogens is 382 g/mol. The maximum absolute atomic E-state index is 12.2. The lowest BCUT2D eigenvalue weighted by Gasteiger charge is -2.26. The van der Waals surface area contributed by atoms with Gasteiger partial charge < -0.3 is 15.0 Å². The first-order chi connectivity index (χ1) is 13.6. The highest BCUT2D eigenvalue weighted by Crippen LogP contribution is 2.17. The van der Waals surface area contributed by atoms with E-state index in [-0.39, 0.29) is 30.0 Å². The third kappa shape index (κ3) is 6.12. The molecule has 1 aromatic carbocycles. The number of amides is 1. The van der Waals surface area contributed by atoms with Crippen molar-refractivity contribution in [2.45, 2.75) is 19.3 Å². The van der Waals surface area contributed by atoms with Gasteiger partial charge in [0.2, 0.25) is 5.91 Å². The molecule has 3 rings (SSSR count). The van der Waals surface area contributed by atoms with Crippen molar-refractivity contribution in [1.82, 2.24) is 25.4 Å². The van der Waals surface area contributed by atoms with Gasteiger partial charge in [-0.25, -0.2) is 0 Å². The molecule has 2 aromatic rings. The van der Waals surface area contributed by atoms with Crippen LogP contribution in [0, 0.1) is 0 Å². The largest absolute Gasteiger partial charge is 0.379 e. The van der Waals surface area contributed by atoms with Gasteiger partial charge in [-0.05, 0) is 25.1 Å². The van der Waals surface area contributed by atoms with Gasteiger partial charge in [0, 0.05) is 43.1 Å². The quantitative estimate of drug-likeness (QED) is 0.641. The molecule has 2 N–H and O–H groups in total. The lowest BCUT2D eigenvalue weighted by Crippen LogP contribution is -2.38. The maximum Gasteiger partial charge on any atom is 0.273 e. The van der Waals surface area contributed by atoms with Gasteiger partial charge in [-0.3, -0.25) is 14.5 Å². The first kappa shape index (κ1) is 20.4. The van der Waals surface area contributed by atoms with Gasteiger partial charge >= 0.3 is 0 Å². The first-order valence-electron chi connectivity index (χ1n) is 9.40. The Balaban J connectivity index is 1.42. The minimum absolute atomic E-state index is 0.0953. The smallest absolute Gasteiger partial charge is 0.273 e. The summed E-state index contributed by atoms with van der Waals surface area (Å²) >= 11 is 5.95. The molecule has 0 radical (unpaired) electrons. The van der Waals surface area contributed by atoms with Crippen LogP contribution in [0.4, 0.5) is 0 Å². The number of aromatic nitrogens is 3. The van der Waals surface area contributed by atoms with Crippen molar-refractivity contribution in [3.05, 3.63) is 45.3 Å². The third-order valence-electron chi connectivity index (χ3n) is 4.53. The van der Waals surface area contributed by atoms with E-state index in [1.165, 1.54) is 0 Å². The predicted molar refractivity (Wildman–Crippen MR) is 106 cm³/mol. The highest BCUT2D eigenvalue weighted by molar-refractivity contribution is 6.30. The summed E-state index contributed by atoms with van der Waals surface area (Å²) in [6.45, 7) is 5.00. The number of nitrogens with zero attached hydrogens (tertiary/aromatic N) is 3. The van der Waals surface area contributed by atoms with E-state index in [1.54, 1.807) is 24.3 Å². The van der Waals surface area contributed by atoms with E-state index < -0.39 is 0 Å². The lowest BCUT2D eigenvalue weighted by atomic mass is 10.2. The van der Waals surface area contributed by atoms with Gasteiger partial charge in [-0.15, -0.1) is 10.2 Å². The Morgan fingerprint density at radius 2 is 2.11 bits per heavy atom. The van der Waals surface area contributed by atoms with Crippen molar-refractivity contribution in [1.29, 1.82) is 0 Å². The fourth-order valence-corrected chi connectivity index (χ4v) is 3.16. The summed E-state index contributed by atoms with van der Waals surface area (Å²) in [5.74, 6) is 0.255. The molecule has 28 heavy (non-hydrogen) atoms. The Bertz CT molecular complexity index is 851. The van der Waals surface area contributed by atoms with Gasteiger partial charge in [-0.1, -0.05) is 23.7 Å². The van der Waals surface area contributed by atoms with Crippen molar-refractivity contribution < 1.29 is 9.53 Å². The summed E-state index contributed by atoms with van der Waals surface area (Å²) in [5.41, 5.74) is 0.584. The third-order valence-corrected chi connectivity index (χ3v) is 4.76. The van der Waals surface area contributed by atoms with Crippen molar-refractivity contribution in [2.24, 2.45) is 0 Å². The summed E-state index contributed by atoms with van der Waals surface area (Å²) in [7, 11) is 0. The Morgan fingerprint density at radius 1 is 1.29 bits per heavy atom. The Labute approximate surface area is 168 Å². The number of halogens is 1. The average molecular weight is 406 g/mol. The summed E-state index contributed by atoms with van der Waals surface area (Å²) in [6.07, 6.45) is 1.33. The Kier molecular flexibility index (Phi) is 7.53. The second kappa shape index (κ2) is 10.3. The average Bonchev–Trinajstić information content (AvgIpc) is 2.71. The number of hydrogen-bond donors (Lipinski definition) is 2. The number of ether oxygens (including phenoxy) is 1. The second-order valence-electron chi connectivity index (χ2n) is 6.62. The van der Waals surface area contributed by atoms with Gasteiger partial charge in [0.05, 0.1) is 13.2 Å². The molecule has 1 aliphatic heterocycles. The molecule has 0 unspecified atom stereocenters. The van der Waals surface area contributed by atoms with Crippen molar-refractivity contribution in [3.8, 4) is 11.4 Å². The number of aromatic amines is 1. The summed E-state index contributed by atoms with van der Waals surface area (Å²) < 4.78 is 5.31. The number of carbonyl (C=O) groups excluding carboxylic acids is 1. The maximum atomic E-state index is 12.2. The van der Waals surface area contributed by atoms with Crippen LogP contribution in [0.15, 0.2) is 29.1 Å². The van der Waals surface area contributed by atoms with E-state index in [4.69, 9.17) is 16.3 Å². The molecule has 1 amide bonds. The van der Waals surface area contributed by atoms with Gasteiger partial charge in [0.15, 0.2) is 5.82 Å². The van der Waals surface area contributed by atoms with Crippen LogP contribution in [0.1, 0.15) is 18.5 Å². The number of benzene rings is 1. The standard InChI is InChI=1S/C19H24ClN5O3/c20-15-4-1-3-14(13-15)18-22-19(27)16(23-24-18)5-6-17(26)21-7-2-8-25-9-11-28-12-10-25/h1,3-4,13H,2,5-12H2,(H,21,26)(H,22,24,27). The zero-order valence-electron chi connectivity index (χ0n) is 15.6. The number of nitrogens with one attached hydrogen (secondary N) is 2. The SMILES string of the molecule is O=C(CCc1nnc(-c2cccc(Cl)c2)[nH]c1=O)NCCCN1CCOCC1. The van der Waals surface area contributed by atoms with Crippen molar-refractivity contribution >= 4 is 17.5 Å². The lowest BCUT2D eigenvalue weighted by molar-refractivity contribution is -0.121. The molecule has 1 aliphatic rings. The van der Waals surface area contributed by atoms with Crippen LogP contribution in [0.5, 0.6) is 0 Å².